The predicted octanol–water partition coefficient (Wildman–Crippen LogP) is 3.43. The van der Waals surface area contributed by atoms with Crippen molar-refractivity contribution in [3.05, 3.63) is 35.4 Å². The van der Waals surface area contributed by atoms with Gasteiger partial charge in [0.15, 0.2) is 0 Å². The molecule has 4 heteroatoms. The second-order valence-corrected chi connectivity index (χ2v) is 5.85. The van der Waals surface area contributed by atoms with Crippen LogP contribution in [0.4, 0.5) is 0 Å². The monoisotopic (exact) mass is 289 g/mol. The summed E-state index contributed by atoms with van der Waals surface area (Å²) in [4.78, 5) is 25.5. The molecule has 0 aromatic heterocycles. The lowest BCUT2D eigenvalue weighted by Crippen LogP contribution is -2.40. The second kappa shape index (κ2) is 6.74. The summed E-state index contributed by atoms with van der Waals surface area (Å²) in [5.41, 5.74) is 0.363. The average molecular weight is 289 g/mol. The molecule has 4 nitrogen and oxygen atoms in total. The number of carboxylic acids is 1. The molecule has 0 heterocycles. The molecule has 0 bridgehead atoms. The topological polar surface area (TPSA) is 57.6 Å². The standard InChI is InChI=1S/C17H23NO3/c1-3-12-8-10-13(11-9-12)18(2)16(19)14-6-4-5-7-15(14)17(20)21/h4-7,12-13H,3,8-11H2,1-2H3,(H,20,21). The van der Waals surface area contributed by atoms with E-state index < -0.39 is 5.97 Å². The first-order chi connectivity index (χ1) is 10.0. The van der Waals surface area contributed by atoms with Crippen LogP contribution >= 0.6 is 0 Å². The van der Waals surface area contributed by atoms with Gasteiger partial charge in [-0.3, -0.25) is 4.79 Å². The summed E-state index contributed by atoms with van der Waals surface area (Å²) in [5.74, 6) is -0.467. The van der Waals surface area contributed by atoms with E-state index in [1.54, 1.807) is 30.1 Å². The first-order valence-electron chi connectivity index (χ1n) is 7.64. The van der Waals surface area contributed by atoms with Gasteiger partial charge >= 0.3 is 5.97 Å². The number of nitrogens with zero attached hydrogens (tertiary/aromatic N) is 1. The minimum Gasteiger partial charge on any atom is -0.478 e. The van der Waals surface area contributed by atoms with Crippen molar-refractivity contribution >= 4 is 11.9 Å². The summed E-state index contributed by atoms with van der Waals surface area (Å²) >= 11 is 0. The summed E-state index contributed by atoms with van der Waals surface area (Å²) in [6.45, 7) is 2.21. The SMILES string of the molecule is CCC1CCC(N(C)C(=O)c2ccccc2C(=O)O)CC1. The number of carbonyl (C=O) groups is 2. The number of carbonyl (C=O) groups excluding carboxylic acids is 1. The first-order valence-corrected chi connectivity index (χ1v) is 7.64. The second-order valence-electron chi connectivity index (χ2n) is 5.85. The Hall–Kier alpha value is -1.84. The molecular weight excluding hydrogens is 266 g/mol. The van der Waals surface area contributed by atoms with Crippen LogP contribution in [-0.4, -0.2) is 35.0 Å². The van der Waals surface area contributed by atoms with Crippen molar-refractivity contribution in [3.63, 3.8) is 0 Å². The Morgan fingerprint density at radius 1 is 1.14 bits per heavy atom. The van der Waals surface area contributed by atoms with Crippen LogP contribution in [0.15, 0.2) is 24.3 Å². The normalized spacial score (nSPS) is 21.8. The lowest BCUT2D eigenvalue weighted by atomic mass is 9.84. The van der Waals surface area contributed by atoms with Crippen LogP contribution in [0.3, 0.4) is 0 Å². The van der Waals surface area contributed by atoms with Gasteiger partial charge in [0, 0.05) is 13.1 Å². The van der Waals surface area contributed by atoms with Gasteiger partial charge in [-0.1, -0.05) is 25.5 Å². The van der Waals surface area contributed by atoms with Gasteiger partial charge in [-0.25, -0.2) is 4.79 Å². The summed E-state index contributed by atoms with van der Waals surface area (Å²) < 4.78 is 0. The van der Waals surface area contributed by atoms with Crippen molar-refractivity contribution in [1.29, 1.82) is 0 Å². The van der Waals surface area contributed by atoms with Gasteiger partial charge in [-0.15, -0.1) is 0 Å². The highest BCUT2D eigenvalue weighted by Gasteiger charge is 2.28. The number of carboxylic acid groups (broad SMARTS) is 1. The van der Waals surface area contributed by atoms with Gasteiger partial charge in [0.25, 0.3) is 5.91 Å². The smallest absolute Gasteiger partial charge is 0.336 e. The molecular formula is C17H23NO3. The van der Waals surface area contributed by atoms with Gasteiger partial charge < -0.3 is 10.0 Å². The molecule has 0 atom stereocenters. The van der Waals surface area contributed by atoms with E-state index in [-0.39, 0.29) is 23.1 Å². The fourth-order valence-corrected chi connectivity index (χ4v) is 3.15. The molecule has 21 heavy (non-hydrogen) atoms. The quantitative estimate of drug-likeness (QED) is 0.924. The molecule has 1 saturated carbocycles. The van der Waals surface area contributed by atoms with Crippen LogP contribution in [0.1, 0.15) is 59.7 Å². The molecule has 1 amide bonds. The highest BCUT2D eigenvalue weighted by Crippen LogP contribution is 2.29. The van der Waals surface area contributed by atoms with E-state index in [2.05, 4.69) is 6.92 Å². The summed E-state index contributed by atoms with van der Waals surface area (Å²) in [6.07, 6.45) is 5.52. The lowest BCUT2D eigenvalue weighted by molar-refractivity contribution is 0.0642. The van der Waals surface area contributed by atoms with Crippen molar-refractivity contribution in [3.8, 4) is 0 Å². The van der Waals surface area contributed by atoms with Crippen LogP contribution in [0.5, 0.6) is 0 Å². The van der Waals surface area contributed by atoms with Crippen molar-refractivity contribution in [2.24, 2.45) is 5.92 Å². The van der Waals surface area contributed by atoms with Crippen molar-refractivity contribution in [2.45, 2.75) is 45.1 Å². The zero-order chi connectivity index (χ0) is 15.4. The Morgan fingerprint density at radius 3 is 2.24 bits per heavy atom. The van der Waals surface area contributed by atoms with Crippen LogP contribution in [-0.2, 0) is 0 Å². The Morgan fingerprint density at radius 2 is 1.71 bits per heavy atom. The minimum atomic E-state index is -1.05. The summed E-state index contributed by atoms with van der Waals surface area (Å²) in [6, 6.07) is 6.66. The van der Waals surface area contributed by atoms with E-state index in [9.17, 15) is 14.7 Å². The van der Waals surface area contributed by atoms with Crippen LogP contribution in [0.2, 0.25) is 0 Å². The molecule has 0 unspecified atom stereocenters. The van der Waals surface area contributed by atoms with Crippen molar-refractivity contribution < 1.29 is 14.7 Å². The highest BCUT2D eigenvalue weighted by atomic mass is 16.4. The zero-order valence-corrected chi connectivity index (χ0v) is 12.7. The highest BCUT2D eigenvalue weighted by molar-refractivity contribution is 6.04. The van der Waals surface area contributed by atoms with E-state index in [4.69, 9.17) is 0 Å². The van der Waals surface area contributed by atoms with Crippen LogP contribution < -0.4 is 0 Å². The van der Waals surface area contributed by atoms with Gasteiger partial charge in [0.1, 0.15) is 0 Å². The number of hydrogen-bond donors (Lipinski definition) is 1. The molecule has 1 fully saturated rings. The molecule has 1 aliphatic rings. The maximum Gasteiger partial charge on any atom is 0.336 e. The molecule has 0 aliphatic heterocycles. The number of hydrogen-bond acceptors (Lipinski definition) is 2. The van der Waals surface area contributed by atoms with Gasteiger partial charge in [0.2, 0.25) is 0 Å². The zero-order valence-electron chi connectivity index (χ0n) is 12.7. The van der Waals surface area contributed by atoms with E-state index >= 15 is 0 Å². The van der Waals surface area contributed by atoms with E-state index in [1.165, 1.54) is 12.5 Å². The van der Waals surface area contributed by atoms with Crippen molar-refractivity contribution in [1.82, 2.24) is 4.90 Å². The van der Waals surface area contributed by atoms with Gasteiger partial charge in [-0.05, 0) is 43.7 Å². The Balaban J connectivity index is 2.11. The van der Waals surface area contributed by atoms with Gasteiger partial charge in [0.05, 0.1) is 11.1 Å². The maximum absolute atomic E-state index is 12.6. The number of aromatic carboxylic acids is 1. The fraction of sp³-hybridized carbons (Fsp3) is 0.529. The van der Waals surface area contributed by atoms with Crippen molar-refractivity contribution in [2.75, 3.05) is 7.05 Å². The number of benzene rings is 1. The van der Waals surface area contributed by atoms with Gasteiger partial charge in [-0.2, -0.15) is 0 Å². The Labute approximate surface area is 125 Å². The largest absolute Gasteiger partial charge is 0.478 e. The molecule has 0 radical (unpaired) electrons. The predicted molar refractivity (Wildman–Crippen MR) is 81.5 cm³/mol. The first kappa shape index (κ1) is 15.5. The lowest BCUT2D eigenvalue weighted by Gasteiger charge is -2.34. The molecule has 2 rings (SSSR count). The average Bonchev–Trinajstić information content (AvgIpc) is 2.53. The Kier molecular flexibility index (Phi) is 4.99. The minimum absolute atomic E-state index is 0.0802. The van der Waals surface area contributed by atoms with Crippen LogP contribution in [0.25, 0.3) is 0 Å². The molecule has 1 aromatic carbocycles. The molecule has 1 aromatic rings. The number of rotatable bonds is 4. The maximum atomic E-state index is 12.6. The summed E-state index contributed by atoms with van der Waals surface area (Å²) in [5, 5.41) is 9.20. The van der Waals surface area contributed by atoms with E-state index in [1.807, 2.05) is 0 Å². The molecule has 1 N–H and O–H groups in total. The summed E-state index contributed by atoms with van der Waals surface area (Å²) in [7, 11) is 1.79. The number of amides is 1. The third-order valence-electron chi connectivity index (χ3n) is 4.65. The molecule has 0 spiro atoms. The third kappa shape index (κ3) is 3.43. The third-order valence-corrected chi connectivity index (χ3v) is 4.65. The molecule has 0 saturated heterocycles. The van der Waals surface area contributed by atoms with Crippen LogP contribution in [0, 0.1) is 5.92 Å². The fourth-order valence-electron chi connectivity index (χ4n) is 3.15. The molecule has 114 valence electrons. The molecule has 1 aliphatic carbocycles. The van der Waals surface area contributed by atoms with E-state index in [0.717, 1.165) is 31.6 Å². The Bertz CT molecular complexity index is 519. The van der Waals surface area contributed by atoms with E-state index in [0.29, 0.717) is 0 Å².